The Morgan fingerprint density at radius 1 is 0.500 bits per heavy atom. The largest absolute Gasteiger partial charge is 0.143 e. The van der Waals surface area contributed by atoms with E-state index in [1.54, 1.807) is 11.3 Å². The topological polar surface area (TPSA) is 0 Å². The summed E-state index contributed by atoms with van der Waals surface area (Å²) < 4.78 is 0. The zero-order chi connectivity index (χ0) is 20.5. The molecular weight excluding hydrogens is 420 g/mol. The van der Waals surface area contributed by atoms with Crippen molar-refractivity contribution >= 4 is 34.0 Å². The average molecular weight is 443 g/mol. The SMILES string of the molecule is CC(C)c1ccc(-c2ccc(-c3ccc(-c4ccc(-c5cccs5)s4)s3)cc2)cc1. The van der Waals surface area contributed by atoms with Gasteiger partial charge in [0, 0.05) is 24.4 Å². The lowest BCUT2D eigenvalue weighted by molar-refractivity contribution is 0.867. The van der Waals surface area contributed by atoms with Gasteiger partial charge in [0.1, 0.15) is 0 Å². The molecule has 0 aliphatic heterocycles. The van der Waals surface area contributed by atoms with Crippen LogP contribution in [0.5, 0.6) is 0 Å². The predicted octanol–water partition coefficient (Wildman–Crippen LogP) is 9.66. The number of hydrogen-bond donors (Lipinski definition) is 0. The van der Waals surface area contributed by atoms with Gasteiger partial charge < -0.3 is 0 Å². The molecule has 0 nitrogen and oxygen atoms in total. The fourth-order valence-electron chi connectivity index (χ4n) is 3.53. The zero-order valence-electron chi connectivity index (χ0n) is 17.0. The molecule has 0 fully saturated rings. The molecule has 0 atom stereocenters. The predicted molar refractivity (Wildman–Crippen MR) is 136 cm³/mol. The van der Waals surface area contributed by atoms with Crippen molar-refractivity contribution in [2.75, 3.05) is 0 Å². The van der Waals surface area contributed by atoms with Gasteiger partial charge in [0.05, 0.1) is 0 Å². The molecule has 0 bridgehead atoms. The third kappa shape index (κ3) is 3.93. The van der Waals surface area contributed by atoms with E-state index in [0.29, 0.717) is 5.92 Å². The van der Waals surface area contributed by atoms with Crippen molar-refractivity contribution in [3.63, 3.8) is 0 Å². The smallest absolute Gasteiger partial charge is 0.0449 e. The molecule has 0 unspecified atom stereocenters. The molecule has 5 rings (SSSR count). The molecule has 0 saturated heterocycles. The van der Waals surface area contributed by atoms with Crippen molar-refractivity contribution in [2.24, 2.45) is 0 Å². The summed E-state index contributed by atoms with van der Waals surface area (Å²) in [5, 5.41) is 2.14. The lowest BCUT2D eigenvalue weighted by atomic mass is 9.98. The molecule has 0 N–H and O–H groups in total. The Morgan fingerprint density at radius 2 is 1.00 bits per heavy atom. The number of thiophene rings is 3. The van der Waals surface area contributed by atoms with Gasteiger partial charge >= 0.3 is 0 Å². The van der Waals surface area contributed by atoms with Gasteiger partial charge in [0.25, 0.3) is 0 Å². The van der Waals surface area contributed by atoms with Gasteiger partial charge in [-0.25, -0.2) is 0 Å². The second-order valence-corrected chi connectivity index (χ2v) is 10.8. The van der Waals surface area contributed by atoms with Crippen LogP contribution in [0.15, 0.2) is 90.3 Å². The van der Waals surface area contributed by atoms with Gasteiger partial charge in [0.2, 0.25) is 0 Å². The van der Waals surface area contributed by atoms with E-state index in [1.807, 2.05) is 22.7 Å². The maximum absolute atomic E-state index is 2.25. The van der Waals surface area contributed by atoms with Gasteiger partial charge in [-0.3, -0.25) is 0 Å². The summed E-state index contributed by atoms with van der Waals surface area (Å²) in [5.41, 5.74) is 5.21. The van der Waals surface area contributed by atoms with Gasteiger partial charge in [-0.2, -0.15) is 0 Å². The molecule has 0 aliphatic rings. The zero-order valence-corrected chi connectivity index (χ0v) is 19.4. The molecule has 0 saturated carbocycles. The molecule has 148 valence electrons. The van der Waals surface area contributed by atoms with Gasteiger partial charge in [-0.1, -0.05) is 68.4 Å². The first kappa shape index (κ1) is 19.5. The summed E-state index contributed by atoms with van der Waals surface area (Å²) in [7, 11) is 0. The monoisotopic (exact) mass is 442 g/mol. The minimum atomic E-state index is 0.569. The summed E-state index contributed by atoms with van der Waals surface area (Å²) >= 11 is 5.55. The van der Waals surface area contributed by atoms with Crippen LogP contribution in [0, 0.1) is 0 Å². The molecule has 3 heteroatoms. The van der Waals surface area contributed by atoms with E-state index in [4.69, 9.17) is 0 Å². The van der Waals surface area contributed by atoms with Crippen LogP contribution in [-0.4, -0.2) is 0 Å². The van der Waals surface area contributed by atoms with E-state index in [0.717, 1.165) is 0 Å². The summed E-state index contributed by atoms with van der Waals surface area (Å²) in [6.45, 7) is 4.47. The molecule has 0 amide bonds. The number of hydrogen-bond acceptors (Lipinski definition) is 3. The number of benzene rings is 2. The lowest BCUT2D eigenvalue weighted by Gasteiger charge is -2.07. The molecule has 0 spiro atoms. The summed E-state index contributed by atoms with van der Waals surface area (Å²) in [5.74, 6) is 0.569. The van der Waals surface area contributed by atoms with Crippen LogP contribution in [0.2, 0.25) is 0 Å². The van der Waals surface area contributed by atoms with Gasteiger partial charge in [-0.15, -0.1) is 34.0 Å². The minimum absolute atomic E-state index is 0.569. The minimum Gasteiger partial charge on any atom is -0.143 e. The first-order chi connectivity index (χ1) is 14.7. The van der Waals surface area contributed by atoms with E-state index in [1.165, 1.54) is 46.6 Å². The van der Waals surface area contributed by atoms with Gasteiger partial charge in [0.15, 0.2) is 0 Å². The molecular formula is C27H22S3. The third-order valence-electron chi connectivity index (χ3n) is 5.30. The fourth-order valence-corrected chi connectivity index (χ4v) is 6.48. The van der Waals surface area contributed by atoms with Crippen molar-refractivity contribution in [1.82, 2.24) is 0 Å². The number of rotatable bonds is 5. The Balaban J connectivity index is 1.36. The molecule has 5 aromatic rings. The molecule has 3 heterocycles. The van der Waals surface area contributed by atoms with Crippen LogP contribution in [-0.2, 0) is 0 Å². The Kier molecular flexibility index (Phi) is 5.43. The van der Waals surface area contributed by atoms with Crippen LogP contribution in [0.1, 0.15) is 25.3 Å². The molecule has 0 aliphatic carbocycles. The highest BCUT2D eigenvalue weighted by atomic mass is 32.1. The van der Waals surface area contributed by atoms with Crippen molar-refractivity contribution in [2.45, 2.75) is 19.8 Å². The van der Waals surface area contributed by atoms with E-state index < -0.39 is 0 Å². The summed E-state index contributed by atoms with van der Waals surface area (Å²) in [6, 6.07) is 31.2. The highest BCUT2D eigenvalue weighted by Gasteiger charge is 2.10. The Bertz CT molecular complexity index is 1230. The van der Waals surface area contributed by atoms with Crippen LogP contribution in [0.3, 0.4) is 0 Å². The molecule has 30 heavy (non-hydrogen) atoms. The maximum atomic E-state index is 2.25. The standard InChI is InChI=1S/C27H22S3/c1-18(2)19-5-7-20(8-6-19)21-9-11-22(12-10-21)23-13-14-26(29-23)27-16-15-25(30-27)24-4-3-17-28-24/h3-18H,1-2H3. The Hall–Kier alpha value is -2.46. The van der Waals surface area contributed by atoms with E-state index in [-0.39, 0.29) is 0 Å². The van der Waals surface area contributed by atoms with Crippen LogP contribution in [0.4, 0.5) is 0 Å². The lowest BCUT2D eigenvalue weighted by Crippen LogP contribution is -1.86. The molecule has 3 aromatic heterocycles. The van der Waals surface area contributed by atoms with Crippen molar-refractivity contribution in [3.8, 4) is 41.1 Å². The Morgan fingerprint density at radius 3 is 1.57 bits per heavy atom. The average Bonchev–Trinajstić information content (AvgIpc) is 3.55. The van der Waals surface area contributed by atoms with Crippen LogP contribution >= 0.6 is 34.0 Å². The van der Waals surface area contributed by atoms with Crippen LogP contribution in [0.25, 0.3) is 41.1 Å². The molecule has 2 aromatic carbocycles. The quantitative estimate of drug-likeness (QED) is 0.254. The third-order valence-corrected chi connectivity index (χ3v) is 8.78. The van der Waals surface area contributed by atoms with Crippen molar-refractivity contribution in [1.29, 1.82) is 0 Å². The molecule has 0 radical (unpaired) electrons. The second kappa shape index (κ2) is 8.35. The highest BCUT2D eigenvalue weighted by molar-refractivity contribution is 7.27. The Labute approximate surface area is 190 Å². The second-order valence-electron chi connectivity index (χ2n) is 7.66. The first-order valence-electron chi connectivity index (χ1n) is 10.1. The van der Waals surface area contributed by atoms with Crippen LogP contribution < -0.4 is 0 Å². The highest BCUT2D eigenvalue weighted by Crippen LogP contribution is 2.41. The van der Waals surface area contributed by atoms with Crippen molar-refractivity contribution in [3.05, 3.63) is 95.9 Å². The normalized spacial score (nSPS) is 11.3. The maximum Gasteiger partial charge on any atom is 0.0449 e. The van der Waals surface area contributed by atoms with E-state index in [2.05, 4.69) is 104 Å². The summed E-state index contributed by atoms with van der Waals surface area (Å²) in [4.78, 5) is 6.70. The van der Waals surface area contributed by atoms with Gasteiger partial charge in [-0.05, 0) is 63.9 Å². The fraction of sp³-hybridized carbons (Fsp3) is 0.111. The first-order valence-corrected chi connectivity index (χ1v) is 12.6. The van der Waals surface area contributed by atoms with Crippen molar-refractivity contribution < 1.29 is 0 Å². The van der Waals surface area contributed by atoms with E-state index in [9.17, 15) is 0 Å². The summed E-state index contributed by atoms with van der Waals surface area (Å²) in [6.07, 6.45) is 0. The van der Waals surface area contributed by atoms with E-state index >= 15 is 0 Å².